The number of hydrazine groups is 1. The standard InChI is InChI=1S/C12H20N2/c1-10-5-7-11(8-6-10)14(13)9-12(2,3)4/h5-8H,9,13H2,1-4H3. The van der Waals surface area contributed by atoms with Crippen molar-refractivity contribution < 1.29 is 0 Å². The third-order valence-electron chi connectivity index (χ3n) is 2.01. The van der Waals surface area contributed by atoms with E-state index >= 15 is 0 Å². The van der Waals surface area contributed by atoms with E-state index in [1.54, 1.807) is 5.01 Å². The number of nitrogens with zero attached hydrogens (tertiary/aromatic N) is 1. The Kier molecular flexibility index (Phi) is 3.17. The maximum atomic E-state index is 5.96. The van der Waals surface area contributed by atoms with E-state index in [9.17, 15) is 0 Å². The van der Waals surface area contributed by atoms with Crippen LogP contribution < -0.4 is 10.9 Å². The van der Waals surface area contributed by atoms with Gasteiger partial charge in [0.2, 0.25) is 0 Å². The molecule has 0 aliphatic heterocycles. The fourth-order valence-corrected chi connectivity index (χ4v) is 1.34. The van der Waals surface area contributed by atoms with Crippen LogP contribution in [0.4, 0.5) is 5.69 Å². The predicted octanol–water partition coefficient (Wildman–Crippen LogP) is 2.72. The molecule has 0 fully saturated rings. The van der Waals surface area contributed by atoms with E-state index in [2.05, 4.69) is 52.0 Å². The zero-order chi connectivity index (χ0) is 10.8. The summed E-state index contributed by atoms with van der Waals surface area (Å²) < 4.78 is 0. The monoisotopic (exact) mass is 192 g/mol. The molecule has 0 spiro atoms. The molecule has 0 aliphatic carbocycles. The summed E-state index contributed by atoms with van der Waals surface area (Å²) in [6.45, 7) is 9.48. The van der Waals surface area contributed by atoms with E-state index in [4.69, 9.17) is 5.84 Å². The van der Waals surface area contributed by atoms with Crippen LogP contribution in [0.1, 0.15) is 26.3 Å². The van der Waals surface area contributed by atoms with Crippen LogP contribution in [0.3, 0.4) is 0 Å². The summed E-state index contributed by atoms with van der Waals surface area (Å²) in [5.74, 6) is 5.96. The van der Waals surface area contributed by atoms with Gasteiger partial charge in [-0.05, 0) is 24.5 Å². The Balaban J connectivity index is 2.70. The molecule has 1 rings (SSSR count). The summed E-state index contributed by atoms with van der Waals surface area (Å²) in [5, 5.41) is 1.80. The lowest BCUT2D eigenvalue weighted by molar-refractivity contribution is 0.412. The predicted molar refractivity (Wildman–Crippen MR) is 62.2 cm³/mol. The van der Waals surface area contributed by atoms with E-state index < -0.39 is 0 Å². The second-order valence-electron chi connectivity index (χ2n) is 5.02. The van der Waals surface area contributed by atoms with Crippen LogP contribution in [-0.2, 0) is 0 Å². The molecule has 2 heteroatoms. The Morgan fingerprint density at radius 3 is 2.07 bits per heavy atom. The normalized spacial score (nSPS) is 11.5. The van der Waals surface area contributed by atoms with E-state index in [1.807, 2.05) is 0 Å². The minimum atomic E-state index is 0.222. The number of anilines is 1. The zero-order valence-electron chi connectivity index (χ0n) is 9.54. The van der Waals surface area contributed by atoms with Gasteiger partial charge >= 0.3 is 0 Å². The lowest BCUT2D eigenvalue weighted by atomic mass is 9.96. The Hall–Kier alpha value is -1.02. The topological polar surface area (TPSA) is 29.3 Å². The first-order valence-corrected chi connectivity index (χ1v) is 4.97. The molecule has 2 nitrogen and oxygen atoms in total. The molecular formula is C12H20N2. The van der Waals surface area contributed by atoms with Crippen LogP contribution >= 0.6 is 0 Å². The number of hydrogen-bond acceptors (Lipinski definition) is 2. The van der Waals surface area contributed by atoms with Gasteiger partial charge in [-0.2, -0.15) is 0 Å². The molecule has 78 valence electrons. The smallest absolute Gasteiger partial charge is 0.0517 e. The molecule has 0 amide bonds. The molecule has 2 N–H and O–H groups in total. The Labute approximate surface area is 86.7 Å². The molecule has 0 saturated carbocycles. The minimum absolute atomic E-state index is 0.222. The van der Waals surface area contributed by atoms with Crippen LogP contribution in [0.15, 0.2) is 24.3 Å². The quantitative estimate of drug-likeness (QED) is 0.576. The van der Waals surface area contributed by atoms with Gasteiger partial charge in [-0.1, -0.05) is 38.5 Å². The van der Waals surface area contributed by atoms with Crippen molar-refractivity contribution in [2.45, 2.75) is 27.7 Å². The van der Waals surface area contributed by atoms with Crippen molar-refractivity contribution in [3.63, 3.8) is 0 Å². The van der Waals surface area contributed by atoms with Crippen molar-refractivity contribution in [3.05, 3.63) is 29.8 Å². The number of benzene rings is 1. The first-order valence-electron chi connectivity index (χ1n) is 4.97. The molecule has 0 atom stereocenters. The van der Waals surface area contributed by atoms with Gasteiger partial charge in [-0.25, -0.2) is 5.84 Å². The zero-order valence-corrected chi connectivity index (χ0v) is 9.54. The highest BCUT2D eigenvalue weighted by atomic mass is 15.4. The van der Waals surface area contributed by atoms with Crippen molar-refractivity contribution in [3.8, 4) is 0 Å². The SMILES string of the molecule is Cc1ccc(N(N)CC(C)(C)C)cc1. The van der Waals surface area contributed by atoms with Gasteiger partial charge < -0.3 is 5.01 Å². The largest absolute Gasteiger partial charge is 0.311 e. The van der Waals surface area contributed by atoms with E-state index in [0.717, 1.165) is 12.2 Å². The summed E-state index contributed by atoms with van der Waals surface area (Å²) in [5.41, 5.74) is 2.56. The lowest BCUT2D eigenvalue weighted by Gasteiger charge is -2.27. The first-order chi connectivity index (χ1) is 6.38. The molecule has 0 radical (unpaired) electrons. The lowest BCUT2D eigenvalue weighted by Crippen LogP contribution is -2.38. The second kappa shape index (κ2) is 4.01. The summed E-state index contributed by atoms with van der Waals surface area (Å²) >= 11 is 0. The van der Waals surface area contributed by atoms with Crippen LogP contribution in [-0.4, -0.2) is 6.54 Å². The summed E-state index contributed by atoms with van der Waals surface area (Å²) in [7, 11) is 0. The highest BCUT2D eigenvalue weighted by Gasteiger charge is 2.14. The van der Waals surface area contributed by atoms with Crippen LogP contribution in [0.2, 0.25) is 0 Å². The van der Waals surface area contributed by atoms with Crippen molar-refractivity contribution in [2.75, 3.05) is 11.6 Å². The van der Waals surface area contributed by atoms with E-state index in [1.165, 1.54) is 5.56 Å². The van der Waals surface area contributed by atoms with E-state index in [0.29, 0.717) is 0 Å². The van der Waals surface area contributed by atoms with Gasteiger partial charge in [0.15, 0.2) is 0 Å². The van der Waals surface area contributed by atoms with Gasteiger partial charge in [0.05, 0.1) is 5.69 Å². The number of aryl methyl sites for hydroxylation is 1. The molecule has 0 bridgehead atoms. The average molecular weight is 192 g/mol. The third-order valence-corrected chi connectivity index (χ3v) is 2.01. The Morgan fingerprint density at radius 1 is 1.14 bits per heavy atom. The van der Waals surface area contributed by atoms with Crippen LogP contribution in [0, 0.1) is 12.3 Å². The fourth-order valence-electron chi connectivity index (χ4n) is 1.34. The third kappa shape index (κ3) is 3.38. The number of nitrogens with two attached hydrogens (primary N) is 1. The van der Waals surface area contributed by atoms with Crippen LogP contribution in [0.5, 0.6) is 0 Å². The fraction of sp³-hybridized carbons (Fsp3) is 0.500. The molecule has 0 unspecified atom stereocenters. The Bertz CT molecular complexity index is 282. The molecule has 0 aliphatic rings. The molecular weight excluding hydrogens is 172 g/mol. The Morgan fingerprint density at radius 2 is 1.64 bits per heavy atom. The van der Waals surface area contributed by atoms with Gasteiger partial charge in [0.25, 0.3) is 0 Å². The summed E-state index contributed by atoms with van der Waals surface area (Å²) in [4.78, 5) is 0. The summed E-state index contributed by atoms with van der Waals surface area (Å²) in [6, 6.07) is 8.28. The highest BCUT2D eigenvalue weighted by Crippen LogP contribution is 2.19. The number of rotatable bonds is 2. The number of hydrogen-bond donors (Lipinski definition) is 1. The molecule has 14 heavy (non-hydrogen) atoms. The van der Waals surface area contributed by atoms with Gasteiger partial charge in [-0.15, -0.1) is 0 Å². The van der Waals surface area contributed by atoms with Gasteiger partial charge in [0, 0.05) is 6.54 Å². The maximum Gasteiger partial charge on any atom is 0.0517 e. The molecule has 1 aromatic carbocycles. The first kappa shape index (κ1) is 11.1. The maximum absolute atomic E-state index is 5.96. The second-order valence-corrected chi connectivity index (χ2v) is 5.02. The van der Waals surface area contributed by atoms with Crippen molar-refractivity contribution in [1.29, 1.82) is 0 Å². The molecule has 1 aromatic rings. The van der Waals surface area contributed by atoms with Gasteiger partial charge in [0.1, 0.15) is 0 Å². The van der Waals surface area contributed by atoms with Crippen molar-refractivity contribution in [1.82, 2.24) is 0 Å². The molecule has 0 aromatic heterocycles. The minimum Gasteiger partial charge on any atom is -0.311 e. The van der Waals surface area contributed by atoms with Gasteiger partial charge in [-0.3, -0.25) is 0 Å². The molecule has 0 saturated heterocycles. The molecule has 0 heterocycles. The van der Waals surface area contributed by atoms with Crippen molar-refractivity contribution in [2.24, 2.45) is 11.3 Å². The highest BCUT2D eigenvalue weighted by molar-refractivity contribution is 5.46. The van der Waals surface area contributed by atoms with Crippen LogP contribution in [0.25, 0.3) is 0 Å². The summed E-state index contributed by atoms with van der Waals surface area (Å²) in [6.07, 6.45) is 0. The van der Waals surface area contributed by atoms with Crippen molar-refractivity contribution >= 4 is 5.69 Å². The van der Waals surface area contributed by atoms with E-state index in [-0.39, 0.29) is 5.41 Å². The average Bonchev–Trinajstić information content (AvgIpc) is 2.02.